The molecular weight excluding hydrogens is 208 g/mol. The first kappa shape index (κ1) is 13.9. The van der Waals surface area contributed by atoms with Gasteiger partial charge < -0.3 is 10.6 Å². The summed E-state index contributed by atoms with van der Waals surface area (Å²) in [4.78, 5) is 2.42. The summed E-state index contributed by atoms with van der Waals surface area (Å²) in [6, 6.07) is 6.51. The van der Waals surface area contributed by atoms with Crippen molar-refractivity contribution in [2.75, 3.05) is 23.7 Å². The molecule has 0 bridgehead atoms. The van der Waals surface area contributed by atoms with Crippen LogP contribution in [-0.4, -0.2) is 13.1 Å². The molecule has 0 aliphatic heterocycles. The second-order valence-corrected chi connectivity index (χ2v) is 4.95. The van der Waals surface area contributed by atoms with Gasteiger partial charge in [-0.15, -0.1) is 0 Å². The summed E-state index contributed by atoms with van der Waals surface area (Å²) in [5, 5.41) is 0. The van der Waals surface area contributed by atoms with Gasteiger partial charge in [-0.25, -0.2) is 0 Å². The third-order valence-electron chi connectivity index (χ3n) is 3.04. The number of nitrogen functional groups attached to an aromatic ring is 1. The second kappa shape index (κ2) is 6.53. The molecule has 0 aromatic heterocycles. The quantitative estimate of drug-likeness (QED) is 0.753. The SMILES string of the molecule is CCCN(CCC)c1ccc(C(C)C)c(N)c1. The summed E-state index contributed by atoms with van der Waals surface area (Å²) in [7, 11) is 0. The van der Waals surface area contributed by atoms with Crippen molar-refractivity contribution in [3.8, 4) is 0 Å². The van der Waals surface area contributed by atoms with E-state index in [4.69, 9.17) is 5.73 Å². The van der Waals surface area contributed by atoms with E-state index in [1.54, 1.807) is 0 Å². The van der Waals surface area contributed by atoms with Gasteiger partial charge in [-0.3, -0.25) is 0 Å². The van der Waals surface area contributed by atoms with Crippen LogP contribution in [0.2, 0.25) is 0 Å². The normalized spacial score (nSPS) is 10.9. The van der Waals surface area contributed by atoms with Crippen molar-refractivity contribution in [2.24, 2.45) is 0 Å². The molecule has 0 aliphatic carbocycles. The van der Waals surface area contributed by atoms with Crippen LogP contribution in [0.1, 0.15) is 52.0 Å². The molecular formula is C15H26N2. The van der Waals surface area contributed by atoms with Gasteiger partial charge in [0.1, 0.15) is 0 Å². The van der Waals surface area contributed by atoms with Gasteiger partial charge in [0, 0.05) is 24.5 Å². The molecule has 96 valence electrons. The molecule has 1 aromatic rings. The summed E-state index contributed by atoms with van der Waals surface area (Å²) in [6.45, 7) is 11.0. The maximum atomic E-state index is 6.13. The Morgan fingerprint density at radius 1 is 1.12 bits per heavy atom. The Morgan fingerprint density at radius 3 is 2.12 bits per heavy atom. The fraction of sp³-hybridized carbons (Fsp3) is 0.600. The lowest BCUT2D eigenvalue weighted by atomic mass is 10.0. The number of anilines is 2. The van der Waals surface area contributed by atoms with E-state index in [0.29, 0.717) is 5.92 Å². The fourth-order valence-corrected chi connectivity index (χ4v) is 2.19. The Morgan fingerprint density at radius 2 is 1.71 bits per heavy atom. The molecule has 0 fully saturated rings. The average molecular weight is 234 g/mol. The first-order valence-corrected chi connectivity index (χ1v) is 6.74. The van der Waals surface area contributed by atoms with Crippen LogP contribution in [0.15, 0.2) is 18.2 Å². The summed E-state index contributed by atoms with van der Waals surface area (Å²) in [5.74, 6) is 0.495. The van der Waals surface area contributed by atoms with Gasteiger partial charge in [0.2, 0.25) is 0 Å². The zero-order chi connectivity index (χ0) is 12.8. The lowest BCUT2D eigenvalue weighted by molar-refractivity contribution is 0.744. The molecule has 0 radical (unpaired) electrons. The molecule has 17 heavy (non-hydrogen) atoms. The largest absolute Gasteiger partial charge is 0.398 e. The first-order chi connectivity index (χ1) is 8.10. The van der Waals surface area contributed by atoms with E-state index < -0.39 is 0 Å². The minimum absolute atomic E-state index is 0.495. The second-order valence-electron chi connectivity index (χ2n) is 4.95. The predicted octanol–water partition coefficient (Wildman–Crippen LogP) is 4.02. The number of rotatable bonds is 6. The number of hydrogen-bond donors (Lipinski definition) is 1. The van der Waals surface area contributed by atoms with Crippen LogP contribution in [-0.2, 0) is 0 Å². The molecule has 0 atom stereocenters. The Hall–Kier alpha value is -1.18. The molecule has 1 rings (SSSR count). The van der Waals surface area contributed by atoms with Crippen LogP contribution in [0, 0.1) is 0 Å². The summed E-state index contributed by atoms with van der Waals surface area (Å²) >= 11 is 0. The van der Waals surface area contributed by atoms with Crippen molar-refractivity contribution in [3.63, 3.8) is 0 Å². The first-order valence-electron chi connectivity index (χ1n) is 6.74. The highest BCUT2D eigenvalue weighted by molar-refractivity contribution is 5.60. The molecule has 1 aromatic carbocycles. The van der Waals surface area contributed by atoms with E-state index in [1.807, 2.05) is 0 Å². The van der Waals surface area contributed by atoms with Crippen LogP contribution >= 0.6 is 0 Å². The summed E-state index contributed by atoms with van der Waals surface area (Å²) in [5.41, 5.74) is 9.56. The van der Waals surface area contributed by atoms with Gasteiger partial charge in [0.15, 0.2) is 0 Å². The lowest BCUT2D eigenvalue weighted by Gasteiger charge is -2.25. The highest BCUT2D eigenvalue weighted by atomic mass is 15.1. The van der Waals surface area contributed by atoms with E-state index in [0.717, 1.165) is 18.8 Å². The monoisotopic (exact) mass is 234 g/mol. The van der Waals surface area contributed by atoms with Crippen molar-refractivity contribution in [3.05, 3.63) is 23.8 Å². The molecule has 0 unspecified atom stereocenters. The predicted molar refractivity (Wildman–Crippen MR) is 77.7 cm³/mol. The van der Waals surface area contributed by atoms with Crippen LogP contribution in [0.5, 0.6) is 0 Å². The third kappa shape index (κ3) is 3.65. The minimum Gasteiger partial charge on any atom is -0.398 e. The third-order valence-corrected chi connectivity index (χ3v) is 3.04. The Balaban J connectivity index is 2.93. The number of benzene rings is 1. The molecule has 0 spiro atoms. The van der Waals surface area contributed by atoms with Gasteiger partial charge in [-0.2, -0.15) is 0 Å². The van der Waals surface area contributed by atoms with Crippen molar-refractivity contribution in [1.29, 1.82) is 0 Å². The van der Waals surface area contributed by atoms with E-state index in [9.17, 15) is 0 Å². The van der Waals surface area contributed by atoms with E-state index >= 15 is 0 Å². The summed E-state index contributed by atoms with van der Waals surface area (Å²) in [6.07, 6.45) is 2.34. The Kier molecular flexibility index (Phi) is 5.33. The number of nitrogens with zero attached hydrogens (tertiary/aromatic N) is 1. The molecule has 0 amide bonds. The highest BCUT2D eigenvalue weighted by Gasteiger charge is 2.08. The van der Waals surface area contributed by atoms with Gasteiger partial charge in [0.25, 0.3) is 0 Å². The van der Waals surface area contributed by atoms with Crippen LogP contribution < -0.4 is 10.6 Å². The molecule has 2 nitrogen and oxygen atoms in total. The molecule has 0 saturated heterocycles. The zero-order valence-electron chi connectivity index (χ0n) is 11.7. The number of nitrogens with two attached hydrogens (primary N) is 1. The van der Waals surface area contributed by atoms with E-state index in [2.05, 4.69) is 50.8 Å². The van der Waals surface area contributed by atoms with Gasteiger partial charge in [-0.05, 0) is 36.5 Å². The molecule has 0 aliphatic rings. The maximum Gasteiger partial charge on any atom is 0.0387 e. The van der Waals surface area contributed by atoms with Crippen LogP contribution in [0.25, 0.3) is 0 Å². The summed E-state index contributed by atoms with van der Waals surface area (Å²) < 4.78 is 0. The Labute approximate surface area is 106 Å². The van der Waals surface area contributed by atoms with Crippen molar-refractivity contribution < 1.29 is 0 Å². The maximum absolute atomic E-state index is 6.13. The molecule has 2 heteroatoms. The van der Waals surface area contributed by atoms with Gasteiger partial charge in [0.05, 0.1) is 0 Å². The van der Waals surface area contributed by atoms with Crippen molar-refractivity contribution in [2.45, 2.75) is 46.5 Å². The van der Waals surface area contributed by atoms with Crippen LogP contribution in [0.3, 0.4) is 0 Å². The number of hydrogen-bond acceptors (Lipinski definition) is 2. The highest BCUT2D eigenvalue weighted by Crippen LogP contribution is 2.27. The minimum atomic E-state index is 0.495. The lowest BCUT2D eigenvalue weighted by Crippen LogP contribution is -2.25. The molecule has 2 N–H and O–H groups in total. The molecule has 0 heterocycles. The van der Waals surface area contributed by atoms with E-state index in [1.165, 1.54) is 24.1 Å². The van der Waals surface area contributed by atoms with Crippen molar-refractivity contribution in [1.82, 2.24) is 0 Å². The standard InChI is InChI=1S/C15H26N2/c1-5-9-17(10-6-2)13-7-8-14(12(3)4)15(16)11-13/h7-8,11-12H,5-6,9-10,16H2,1-4H3. The smallest absolute Gasteiger partial charge is 0.0387 e. The van der Waals surface area contributed by atoms with Crippen LogP contribution in [0.4, 0.5) is 11.4 Å². The Bertz CT molecular complexity index is 339. The van der Waals surface area contributed by atoms with Gasteiger partial charge >= 0.3 is 0 Å². The average Bonchev–Trinajstić information content (AvgIpc) is 2.28. The zero-order valence-corrected chi connectivity index (χ0v) is 11.7. The molecule has 0 saturated carbocycles. The topological polar surface area (TPSA) is 29.3 Å². The fourth-order valence-electron chi connectivity index (χ4n) is 2.19. The van der Waals surface area contributed by atoms with Gasteiger partial charge in [-0.1, -0.05) is 33.8 Å². The van der Waals surface area contributed by atoms with Crippen molar-refractivity contribution >= 4 is 11.4 Å². The van der Waals surface area contributed by atoms with E-state index in [-0.39, 0.29) is 0 Å².